The van der Waals surface area contributed by atoms with E-state index in [-0.39, 0.29) is 28.7 Å². The summed E-state index contributed by atoms with van der Waals surface area (Å²) in [5.74, 6) is -1.23. The summed E-state index contributed by atoms with van der Waals surface area (Å²) in [6.45, 7) is 1.45. The molecule has 2 aromatic carbocycles. The molecule has 6 rings (SSSR count). The van der Waals surface area contributed by atoms with Crippen molar-refractivity contribution in [3.05, 3.63) is 101 Å². The zero-order chi connectivity index (χ0) is 34.1. The summed E-state index contributed by atoms with van der Waals surface area (Å²) in [5, 5.41) is 2.99. The number of alkyl halides is 2. The molecule has 48 heavy (non-hydrogen) atoms. The third-order valence-electron chi connectivity index (χ3n) is 8.62. The van der Waals surface area contributed by atoms with Crippen LogP contribution in [0, 0.1) is 0 Å². The van der Waals surface area contributed by atoms with Crippen molar-refractivity contribution >= 4 is 46.7 Å². The Balaban J connectivity index is 1.22. The molecule has 0 bridgehead atoms. The molecule has 4 aromatic rings. The lowest BCUT2D eigenvalue weighted by molar-refractivity contribution is -0.149. The van der Waals surface area contributed by atoms with Crippen LogP contribution < -0.4 is 5.32 Å². The molecule has 0 saturated carbocycles. The van der Waals surface area contributed by atoms with E-state index in [2.05, 4.69) is 10.3 Å². The van der Waals surface area contributed by atoms with E-state index in [1.165, 1.54) is 17.0 Å². The molecule has 2 aromatic heterocycles. The molecule has 0 radical (unpaired) electrons. The number of hydrogen-bond donors (Lipinski definition) is 3. The maximum absolute atomic E-state index is 14.4. The Bertz CT molecular complexity index is 1860. The van der Waals surface area contributed by atoms with Crippen LogP contribution in [0.2, 0.25) is 0 Å². The summed E-state index contributed by atoms with van der Waals surface area (Å²) in [7, 11) is -5.78. The van der Waals surface area contributed by atoms with E-state index in [9.17, 15) is 27.7 Å². The number of benzene rings is 2. The first-order valence-corrected chi connectivity index (χ1v) is 17.8. The lowest BCUT2D eigenvalue weighted by Gasteiger charge is -2.37. The van der Waals surface area contributed by atoms with Gasteiger partial charge in [-0.3, -0.25) is 23.9 Å². The molecule has 2 aliphatic rings. The normalized spacial score (nSPS) is 19.3. The van der Waals surface area contributed by atoms with E-state index in [0.717, 1.165) is 34.6 Å². The maximum Gasteiger partial charge on any atom is 0.399 e. The first-order valence-electron chi connectivity index (χ1n) is 15.4. The topological polar surface area (TPSA) is 149 Å². The van der Waals surface area contributed by atoms with Crippen LogP contribution in [0.1, 0.15) is 45.3 Å². The average Bonchev–Trinajstić information content (AvgIpc) is 3.75. The van der Waals surface area contributed by atoms with Crippen molar-refractivity contribution in [1.82, 2.24) is 20.1 Å². The van der Waals surface area contributed by atoms with Crippen LogP contribution in [0.3, 0.4) is 0 Å². The van der Waals surface area contributed by atoms with Crippen LogP contribution in [0.15, 0.2) is 79.1 Å². The molecule has 1 unspecified atom stereocenters. The predicted molar refractivity (Wildman–Crippen MR) is 173 cm³/mol. The Morgan fingerprint density at radius 1 is 1.06 bits per heavy atom. The van der Waals surface area contributed by atoms with E-state index >= 15 is 0 Å². The summed E-state index contributed by atoms with van der Waals surface area (Å²) < 4.78 is 46.5. The van der Waals surface area contributed by atoms with Gasteiger partial charge in [0.2, 0.25) is 11.8 Å². The summed E-state index contributed by atoms with van der Waals surface area (Å²) in [4.78, 5) is 67.3. The Labute approximate surface area is 278 Å². The third-order valence-corrected chi connectivity index (χ3v) is 10.7. The maximum atomic E-state index is 14.4. The number of thiophene rings is 1. The van der Waals surface area contributed by atoms with Crippen LogP contribution >= 0.6 is 18.9 Å². The summed E-state index contributed by atoms with van der Waals surface area (Å²) in [6.07, 6.45) is 4.06. The highest BCUT2D eigenvalue weighted by atomic mass is 32.1. The van der Waals surface area contributed by atoms with Gasteiger partial charge in [0.15, 0.2) is 0 Å². The Morgan fingerprint density at radius 2 is 1.81 bits per heavy atom. The molecule has 15 heteroatoms. The summed E-state index contributed by atoms with van der Waals surface area (Å²) in [5.41, 5.74) is -3.59. The van der Waals surface area contributed by atoms with Gasteiger partial charge in [-0.2, -0.15) is 8.78 Å². The molecule has 4 heterocycles. The van der Waals surface area contributed by atoms with Crippen molar-refractivity contribution in [3.8, 4) is 0 Å². The first kappa shape index (κ1) is 33.8. The number of nitrogens with one attached hydrogen (secondary N) is 1. The average molecular weight is 699 g/mol. The smallest absolute Gasteiger partial charge is 0.370 e. The number of carbonyl (C=O) groups is 3. The van der Waals surface area contributed by atoms with Gasteiger partial charge in [0.1, 0.15) is 18.2 Å². The zero-order valence-corrected chi connectivity index (χ0v) is 27.3. The number of carbonyl (C=O) groups excluding carboxylic acids is 3. The van der Waals surface area contributed by atoms with Gasteiger partial charge in [0.25, 0.3) is 5.91 Å². The highest BCUT2D eigenvalue weighted by molar-refractivity contribution is 7.52. The van der Waals surface area contributed by atoms with Gasteiger partial charge in [-0.05, 0) is 59.7 Å². The standard InChI is InChI=1S/C33H33F2N4O7PS/c34-33(35,47(43,44)45)24-8-9-28-23(18-24)19-29(48-28)30(40)37-25(17-21-10-12-36-13-11-21)31(41)39-14-4-7-26(39)32(42)38-15-16-46-27(20-38)22-5-2-1-3-6-22/h1-3,5-6,8-13,18-19,25-27H,4,7,14-17,20H2,(H,37,40)(H2,43,44,45)/t25?,26-,27-/m0/s1. The third kappa shape index (κ3) is 7.03. The SMILES string of the molecule is O=C(NC(Cc1ccncc1)C(=O)N1CCC[C@H]1C(=O)N1CCO[C@H](c2ccccc2)C1)c1cc2cc(C(F)(F)P(=O)(O)O)ccc2s1. The van der Waals surface area contributed by atoms with Gasteiger partial charge in [0.05, 0.1) is 18.0 Å². The van der Waals surface area contributed by atoms with E-state index < -0.39 is 42.7 Å². The molecule has 2 fully saturated rings. The Hall–Kier alpha value is -4.07. The molecule has 2 aliphatic heterocycles. The van der Waals surface area contributed by atoms with Gasteiger partial charge in [-0.15, -0.1) is 11.3 Å². The molecule has 252 valence electrons. The lowest BCUT2D eigenvalue weighted by Crippen LogP contribution is -2.56. The molecule has 11 nitrogen and oxygen atoms in total. The quantitative estimate of drug-likeness (QED) is 0.217. The molecule has 0 aliphatic carbocycles. The number of amides is 3. The molecule has 3 atom stereocenters. The number of morpholine rings is 1. The minimum Gasteiger partial charge on any atom is -0.370 e. The van der Waals surface area contributed by atoms with Crippen LogP contribution in [0.4, 0.5) is 8.78 Å². The number of ether oxygens (including phenoxy) is 1. The van der Waals surface area contributed by atoms with Gasteiger partial charge >= 0.3 is 13.3 Å². The van der Waals surface area contributed by atoms with Gasteiger partial charge < -0.3 is 29.6 Å². The van der Waals surface area contributed by atoms with E-state index in [1.807, 2.05) is 30.3 Å². The predicted octanol–water partition coefficient (Wildman–Crippen LogP) is 4.46. The van der Waals surface area contributed by atoms with Crippen molar-refractivity contribution in [3.63, 3.8) is 0 Å². The number of halogens is 2. The molecule has 3 N–H and O–H groups in total. The molecular formula is C33H33F2N4O7PS. The number of nitrogens with zero attached hydrogens (tertiary/aromatic N) is 3. The minimum atomic E-state index is -5.78. The monoisotopic (exact) mass is 698 g/mol. The summed E-state index contributed by atoms with van der Waals surface area (Å²) >= 11 is 0.988. The van der Waals surface area contributed by atoms with Crippen molar-refractivity contribution in [2.75, 3.05) is 26.2 Å². The second-order valence-corrected chi connectivity index (χ2v) is 14.5. The fourth-order valence-corrected chi connectivity index (χ4v) is 7.53. The van der Waals surface area contributed by atoms with E-state index in [0.29, 0.717) is 43.8 Å². The van der Waals surface area contributed by atoms with Gasteiger partial charge in [-0.1, -0.05) is 36.4 Å². The van der Waals surface area contributed by atoms with Crippen molar-refractivity contribution in [2.24, 2.45) is 0 Å². The number of likely N-dealkylation sites (tertiary alicyclic amines) is 1. The van der Waals surface area contributed by atoms with Crippen molar-refractivity contribution < 1.29 is 42.3 Å². The van der Waals surface area contributed by atoms with Crippen LogP contribution in [-0.2, 0) is 31.0 Å². The second kappa shape index (κ2) is 13.8. The second-order valence-electron chi connectivity index (χ2n) is 11.8. The largest absolute Gasteiger partial charge is 0.399 e. The number of pyridine rings is 1. The minimum absolute atomic E-state index is 0.113. The fourth-order valence-electron chi connectivity index (χ4n) is 6.11. The molecule has 3 amide bonds. The molecule has 2 saturated heterocycles. The van der Waals surface area contributed by atoms with Gasteiger partial charge in [0, 0.05) is 42.2 Å². The van der Waals surface area contributed by atoms with Crippen LogP contribution in [0.25, 0.3) is 10.1 Å². The molecular weight excluding hydrogens is 665 g/mol. The molecule has 0 spiro atoms. The van der Waals surface area contributed by atoms with E-state index in [4.69, 9.17) is 14.5 Å². The number of hydrogen-bond acceptors (Lipinski definition) is 7. The van der Waals surface area contributed by atoms with Crippen LogP contribution in [-0.4, -0.2) is 80.6 Å². The van der Waals surface area contributed by atoms with E-state index in [1.54, 1.807) is 29.4 Å². The van der Waals surface area contributed by atoms with Crippen molar-refractivity contribution in [1.29, 1.82) is 0 Å². The Kier molecular flexibility index (Phi) is 9.73. The van der Waals surface area contributed by atoms with Crippen LogP contribution in [0.5, 0.6) is 0 Å². The highest BCUT2D eigenvalue weighted by Crippen LogP contribution is 2.59. The van der Waals surface area contributed by atoms with Gasteiger partial charge in [-0.25, -0.2) is 0 Å². The number of fused-ring (bicyclic) bond motifs is 1. The zero-order valence-electron chi connectivity index (χ0n) is 25.6. The first-order chi connectivity index (χ1) is 22.9. The number of rotatable bonds is 9. The number of aromatic nitrogens is 1. The Morgan fingerprint density at radius 3 is 2.54 bits per heavy atom. The summed E-state index contributed by atoms with van der Waals surface area (Å²) in [6, 6.07) is 15.8. The fraction of sp³-hybridized carbons (Fsp3) is 0.333. The lowest BCUT2D eigenvalue weighted by atomic mass is 10.0. The van der Waals surface area contributed by atoms with Crippen molar-refractivity contribution in [2.45, 2.75) is 43.1 Å². The highest BCUT2D eigenvalue weighted by Gasteiger charge is 2.50.